The summed E-state index contributed by atoms with van der Waals surface area (Å²) in [4.78, 5) is 1.25. The molecule has 0 amide bonds. The molecule has 0 aliphatic heterocycles. The molecular formula is C12H15Br2ClS. The number of hydrogen-bond donors (Lipinski definition) is 0. The lowest BCUT2D eigenvalue weighted by Crippen LogP contribution is -1.97. The van der Waals surface area contributed by atoms with E-state index in [-0.39, 0.29) is 5.38 Å². The Morgan fingerprint density at radius 3 is 2.06 bits per heavy atom. The second-order valence-corrected chi connectivity index (χ2v) is 9.32. The van der Waals surface area contributed by atoms with Crippen molar-refractivity contribution in [3.8, 4) is 0 Å². The van der Waals surface area contributed by atoms with Gasteiger partial charge in [0.2, 0.25) is 0 Å². The summed E-state index contributed by atoms with van der Waals surface area (Å²) in [5, 5.41) is 0.123. The molecule has 0 aromatic carbocycles. The van der Waals surface area contributed by atoms with Crippen molar-refractivity contribution in [3.05, 3.63) is 19.2 Å². The summed E-state index contributed by atoms with van der Waals surface area (Å²) in [6.07, 6.45) is 0. The van der Waals surface area contributed by atoms with Crippen LogP contribution in [-0.2, 0) is 0 Å². The molecule has 1 aliphatic rings. The highest BCUT2D eigenvalue weighted by molar-refractivity contribution is 9.13. The molecule has 0 saturated heterocycles. The Hall–Kier alpha value is 0.950. The van der Waals surface area contributed by atoms with Crippen LogP contribution in [0.1, 0.15) is 37.9 Å². The van der Waals surface area contributed by atoms with E-state index in [2.05, 4.69) is 65.6 Å². The maximum atomic E-state index is 6.63. The maximum absolute atomic E-state index is 6.63. The van der Waals surface area contributed by atoms with Crippen LogP contribution < -0.4 is 0 Å². The van der Waals surface area contributed by atoms with Gasteiger partial charge in [-0.25, -0.2) is 0 Å². The SMILES string of the molecule is CC1(C)C(C(Cl)c2cc(Br)c(Br)s2)C1(C)C. The molecule has 1 fully saturated rings. The van der Waals surface area contributed by atoms with Crippen molar-refractivity contribution in [1.82, 2.24) is 0 Å². The lowest BCUT2D eigenvalue weighted by Gasteiger charge is -2.08. The van der Waals surface area contributed by atoms with Gasteiger partial charge < -0.3 is 0 Å². The van der Waals surface area contributed by atoms with Gasteiger partial charge in [-0.2, -0.15) is 0 Å². The summed E-state index contributed by atoms with van der Waals surface area (Å²) in [5.74, 6) is 0.555. The molecule has 1 heterocycles. The molecule has 90 valence electrons. The van der Waals surface area contributed by atoms with Crippen molar-refractivity contribution in [2.45, 2.75) is 33.1 Å². The van der Waals surface area contributed by atoms with Crippen molar-refractivity contribution >= 4 is 54.8 Å². The van der Waals surface area contributed by atoms with Gasteiger partial charge in [-0.15, -0.1) is 22.9 Å². The van der Waals surface area contributed by atoms with E-state index in [0.29, 0.717) is 16.7 Å². The molecule has 0 bridgehead atoms. The van der Waals surface area contributed by atoms with E-state index in [1.807, 2.05) is 0 Å². The Morgan fingerprint density at radius 2 is 1.75 bits per heavy atom. The number of rotatable bonds is 2. The zero-order chi connectivity index (χ0) is 12.3. The van der Waals surface area contributed by atoms with E-state index in [0.717, 1.165) is 8.26 Å². The monoisotopic (exact) mass is 384 g/mol. The van der Waals surface area contributed by atoms with Gasteiger partial charge in [0.1, 0.15) is 0 Å². The zero-order valence-corrected chi connectivity index (χ0v) is 14.5. The quantitative estimate of drug-likeness (QED) is 0.528. The van der Waals surface area contributed by atoms with Crippen molar-refractivity contribution < 1.29 is 0 Å². The fraction of sp³-hybridized carbons (Fsp3) is 0.667. The first-order valence-electron chi connectivity index (χ1n) is 5.28. The minimum Gasteiger partial charge on any atom is -0.130 e. The van der Waals surface area contributed by atoms with Crippen molar-refractivity contribution in [1.29, 1.82) is 0 Å². The van der Waals surface area contributed by atoms with Crippen LogP contribution >= 0.6 is 54.8 Å². The third-order valence-electron chi connectivity index (χ3n) is 4.36. The Bertz CT molecular complexity index is 389. The fourth-order valence-corrected chi connectivity index (χ4v) is 5.57. The van der Waals surface area contributed by atoms with Crippen LogP contribution in [-0.4, -0.2) is 0 Å². The molecule has 2 rings (SSSR count). The smallest absolute Gasteiger partial charge is 0.0843 e. The van der Waals surface area contributed by atoms with Crippen LogP contribution in [0.3, 0.4) is 0 Å². The van der Waals surface area contributed by atoms with Crippen LogP contribution in [0.25, 0.3) is 0 Å². The predicted octanol–water partition coefficient (Wildman–Crippen LogP) is 6.24. The van der Waals surface area contributed by atoms with Gasteiger partial charge in [0, 0.05) is 9.35 Å². The fourth-order valence-electron chi connectivity index (χ4n) is 2.64. The Balaban J connectivity index is 2.25. The largest absolute Gasteiger partial charge is 0.130 e. The average Bonchev–Trinajstić information content (AvgIpc) is 2.39. The first-order chi connectivity index (χ1) is 7.19. The summed E-state index contributed by atoms with van der Waals surface area (Å²) >= 11 is 15.4. The van der Waals surface area contributed by atoms with Crippen molar-refractivity contribution in [2.75, 3.05) is 0 Å². The van der Waals surface area contributed by atoms with Gasteiger partial charge in [-0.1, -0.05) is 27.7 Å². The molecule has 4 heteroatoms. The third-order valence-corrected chi connectivity index (χ3v) is 8.32. The van der Waals surface area contributed by atoms with Crippen LogP contribution in [0, 0.1) is 16.7 Å². The standard InChI is InChI=1S/C12H15Br2ClS/c1-11(2)9(12(11,3)4)8(15)7-5-6(13)10(14)16-7/h5,8-9H,1-4H3. The summed E-state index contributed by atoms with van der Waals surface area (Å²) in [6, 6.07) is 2.14. The second kappa shape index (κ2) is 3.97. The summed E-state index contributed by atoms with van der Waals surface area (Å²) in [6.45, 7) is 9.24. The van der Waals surface area contributed by atoms with Gasteiger partial charge in [-0.05, 0) is 54.7 Å². The molecule has 1 saturated carbocycles. The molecule has 1 aromatic heterocycles. The molecule has 0 radical (unpaired) electrons. The van der Waals surface area contributed by atoms with Crippen LogP contribution in [0.4, 0.5) is 0 Å². The summed E-state index contributed by atoms with van der Waals surface area (Å²) in [5.41, 5.74) is 0.671. The number of halogens is 3. The third kappa shape index (κ3) is 1.82. The predicted molar refractivity (Wildman–Crippen MR) is 79.4 cm³/mol. The Morgan fingerprint density at radius 1 is 1.25 bits per heavy atom. The minimum absolute atomic E-state index is 0.123. The molecular weight excluding hydrogens is 371 g/mol. The number of hydrogen-bond acceptors (Lipinski definition) is 1. The van der Waals surface area contributed by atoms with Crippen LogP contribution in [0.15, 0.2) is 14.3 Å². The highest BCUT2D eigenvalue weighted by Gasteiger charge is 2.67. The highest BCUT2D eigenvalue weighted by atomic mass is 79.9. The van der Waals surface area contributed by atoms with Crippen LogP contribution in [0.2, 0.25) is 0 Å². The molecule has 1 unspecified atom stereocenters. The van der Waals surface area contributed by atoms with Gasteiger partial charge in [-0.3, -0.25) is 0 Å². The van der Waals surface area contributed by atoms with Gasteiger partial charge in [0.15, 0.2) is 0 Å². The Kier molecular flexibility index (Phi) is 3.32. The van der Waals surface area contributed by atoms with E-state index >= 15 is 0 Å². The first-order valence-corrected chi connectivity index (χ1v) is 8.12. The molecule has 0 N–H and O–H groups in total. The molecule has 16 heavy (non-hydrogen) atoms. The van der Waals surface area contributed by atoms with Gasteiger partial charge in [0.25, 0.3) is 0 Å². The molecule has 1 atom stereocenters. The second-order valence-electron chi connectivity index (χ2n) is 5.59. The average molecular weight is 387 g/mol. The molecule has 1 aliphatic carbocycles. The molecule has 0 nitrogen and oxygen atoms in total. The molecule has 0 spiro atoms. The van der Waals surface area contributed by atoms with E-state index in [9.17, 15) is 0 Å². The molecule has 1 aromatic rings. The van der Waals surface area contributed by atoms with Gasteiger partial charge in [0.05, 0.1) is 9.16 Å². The highest BCUT2D eigenvalue weighted by Crippen LogP contribution is 2.74. The summed E-state index contributed by atoms with van der Waals surface area (Å²) in [7, 11) is 0. The lowest BCUT2D eigenvalue weighted by atomic mass is 10.0. The van der Waals surface area contributed by atoms with E-state index in [1.165, 1.54) is 4.88 Å². The number of alkyl halides is 1. The van der Waals surface area contributed by atoms with Gasteiger partial charge >= 0.3 is 0 Å². The first kappa shape index (κ1) is 13.4. The van der Waals surface area contributed by atoms with E-state index in [4.69, 9.17) is 11.6 Å². The Labute approximate surface area is 123 Å². The van der Waals surface area contributed by atoms with Crippen LogP contribution in [0.5, 0.6) is 0 Å². The zero-order valence-electron chi connectivity index (χ0n) is 9.77. The van der Waals surface area contributed by atoms with Crippen molar-refractivity contribution in [2.24, 2.45) is 16.7 Å². The normalized spacial score (nSPS) is 24.4. The maximum Gasteiger partial charge on any atom is 0.0843 e. The lowest BCUT2D eigenvalue weighted by molar-refractivity contribution is 0.457. The topological polar surface area (TPSA) is 0 Å². The van der Waals surface area contributed by atoms with E-state index < -0.39 is 0 Å². The number of thiophene rings is 1. The summed E-state index contributed by atoms with van der Waals surface area (Å²) < 4.78 is 2.24. The van der Waals surface area contributed by atoms with Crippen molar-refractivity contribution in [3.63, 3.8) is 0 Å². The minimum atomic E-state index is 0.123. The van der Waals surface area contributed by atoms with E-state index in [1.54, 1.807) is 11.3 Å².